The van der Waals surface area contributed by atoms with Crippen LogP contribution in [0.3, 0.4) is 0 Å². The monoisotopic (exact) mass is 198 g/mol. The first-order valence-corrected chi connectivity index (χ1v) is 5.82. The molecule has 2 heteroatoms. The summed E-state index contributed by atoms with van der Waals surface area (Å²) in [6.07, 6.45) is 3.75. The van der Waals surface area contributed by atoms with Crippen molar-refractivity contribution in [1.82, 2.24) is 4.90 Å². The number of hydrogen-bond donors (Lipinski definition) is 1. The van der Waals surface area contributed by atoms with Gasteiger partial charge in [0, 0.05) is 5.54 Å². The Morgan fingerprint density at radius 2 is 1.71 bits per heavy atom. The Bertz CT molecular complexity index is 175. The standard InChI is InChI=1S/C12H26N2/c1-11(2)6-9-14(10-7-11)12(3,4)5-8-13/h5-10,13H2,1-4H3. The molecule has 1 fully saturated rings. The summed E-state index contributed by atoms with van der Waals surface area (Å²) >= 11 is 0. The third-order valence-corrected chi connectivity index (χ3v) is 3.73. The Morgan fingerprint density at radius 3 is 2.14 bits per heavy atom. The van der Waals surface area contributed by atoms with E-state index >= 15 is 0 Å². The van der Waals surface area contributed by atoms with Gasteiger partial charge >= 0.3 is 0 Å². The van der Waals surface area contributed by atoms with Crippen LogP contribution < -0.4 is 5.73 Å². The zero-order chi connectivity index (χ0) is 10.8. The highest BCUT2D eigenvalue weighted by Crippen LogP contribution is 2.33. The molecule has 1 rings (SSSR count). The molecular weight excluding hydrogens is 172 g/mol. The summed E-state index contributed by atoms with van der Waals surface area (Å²) in [6, 6.07) is 0. The van der Waals surface area contributed by atoms with Crippen LogP contribution in [0.5, 0.6) is 0 Å². The smallest absolute Gasteiger partial charge is 0.0165 e. The summed E-state index contributed by atoms with van der Waals surface area (Å²) in [7, 11) is 0. The molecule has 0 spiro atoms. The molecule has 1 saturated heterocycles. The summed E-state index contributed by atoms with van der Waals surface area (Å²) in [4.78, 5) is 2.60. The normalized spacial score (nSPS) is 23.8. The maximum atomic E-state index is 5.65. The lowest BCUT2D eigenvalue weighted by molar-refractivity contribution is 0.0452. The fourth-order valence-corrected chi connectivity index (χ4v) is 2.23. The van der Waals surface area contributed by atoms with E-state index in [1.54, 1.807) is 0 Å². The Kier molecular flexibility index (Phi) is 3.59. The summed E-state index contributed by atoms with van der Waals surface area (Å²) < 4.78 is 0. The van der Waals surface area contributed by atoms with Crippen molar-refractivity contribution in [1.29, 1.82) is 0 Å². The lowest BCUT2D eigenvalue weighted by atomic mass is 9.81. The molecule has 0 aromatic heterocycles. The first-order chi connectivity index (χ1) is 6.37. The van der Waals surface area contributed by atoms with Gasteiger partial charge in [-0.3, -0.25) is 4.90 Å². The molecule has 0 radical (unpaired) electrons. The van der Waals surface area contributed by atoms with E-state index in [0.717, 1.165) is 13.0 Å². The summed E-state index contributed by atoms with van der Waals surface area (Å²) in [5.74, 6) is 0. The number of nitrogens with two attached hydrogens (primary N) is 1. The number of likely N-dealkylation sites (tertiary alicyclic amines) is 1. The van der Waals surface area contributed by atoms with Crippen LogP contribution in [0, 0.1) is 5.41 Å². The second kappa shape index (κ2) is 4.19. The molecule has 84 valence electrons. The van der Waals surface area contributed by atoms with E-state index in [2.05, 4.69) is 32.6 Å². The van der Waals surface area contributed by atoms with E-state index in [1.807, 2.05) is 0 Å². The first kappa shape index (κ1) is 12.0. The van der Waals surface area contributed by atoms with Gasteiger partial charge in [0.05, 0.1) is 0 Å². The van der Waals surface area contributed by atoms with E-state index in [9.17, 15) is 0 Å². The third kappa shape index (κ3) is 2.96. The Hall–Kier alpha value is -0.0800. The van der Waals surface area contributed by atoms with Crippen LogP contribution in [0.4, 0.5) is 0 Å². The zero-order valence-corrected chi connectivity index (χ0v) is 10.3. The van der Waals surface area contributed by atoms with Gasteiger partial charge in [0.25, 0.3) is 0 Å². The molecule has 0 unspecified atom stereocenters. The predicted octanol–water partition coefficient (Wildman–Crippen LogP) is 2.24. The van der Waals surface area contributed by atoms with Crippen LogP contribution >= 0.6 is 0 Å². The molecule has 0 aromatic rings. The molecule has 0 amide bonds. The van der Waals surface area contributed by atoms with Crippen LogP contribution in [0.25, 0.3) is 0 Å². The fraction of sp³-hybridized carbons (Fsp3) is 1.00. The molecule has 0 aliphatic carbocycles. The molecular formula is C12H26N2. The molecule has 0 aromatic carbocycles. The van der Waals surface area contributed by atoms with Crippen molar-refractivity contribution in [3.8, 4) is 0 Å². The maximum Gasteiger partial charge on any atom is 0.0165 e. The molecule has 0 atom stereocenters. The Balaban J connectivity index is 2.48. The molecule has 1 aliphatic rings. The number of nitrogens with zero attached hydrogens (tertiary/aromatic N) is 1. The van der Waals surface area contributed by atoms with E-state index in [1.165, 1.54) is 25.9 Å². The Morgan fingerprint density at radius 1 is 1.21 bits per heavy atom. The molecule has 14 heavy (non-hydrogen) atoms. The van der Waals surface area contributed by atoms with Gasteiger partial charge in [-0.2, -0.15) is 0 Å². The highest BCUT2D eigenvalue weighted by Gasteiger charge is 2.32. The third-order valence-electron chi connectivity index (χ3n) is 3.73. The lowest BCUT2D eigenvalue weighted by Gasteiger charge is -2.45. The summed E-state index contributed by atoms with van der Waals surface area (Å²) in [5.41, 5.74) is 6.50. The van der Waals surface area contributed by atoms with Gasteiger partial charge in [-0.1, -0.05) is 13.8 Å². The van der Waals surface area contributed by atoms with Crippen molar-refractivity contribution in [3.63, 3.8) is 0 Å². The summed E-state index contributed by atoms with van der Waals surface area (Å²) in [6.45, 7) is 12.7. The van der Waals surface area contributed by atoms with Crippen molar-refractivity contribution in [2.75, 3.05) is 19.6 Å². The molecule has 0 saturated carbocycles. The van der Waals surface area contributed by atoms with E-state index in [0.29, 0.717) is 11.0 Å². The SMILES string of the molecule is CC1(C)CCN(C(C)(C)CCN)CC1. The van der Waals surface area contributed by atoms with Gasteiger partial charge in [0.1, 0.15) is 0 Å². The van der Waals surface area contributed by atoms with Crippen molar-refractivity contribution in [3.05, 3.63) is 0 Å². The van der Waals surface area contributed by atoms with E-state index < -0.39 is 0 Å². The van der Waals surface area contributed by atoms with Crippen molar-refractivity contribution >= 4 is 0 Å². The Labute approximate surface area is 88.8 Å². The van der Waals surface area contributed by atoms with Gasteiger partial charge < -0.3 is 5.73 Å². The van der Waals surface area contributed by atoms with Gasteiger partial charge in [-0.15, -0.1) is 0 Å². The topological polar surface area (TPSA) is 29.3 Å². The van der Waals surface area contributed by atoms with Crippen molar-refractivity contribution in [2.24, 2.45) is 11.1 Å². The van der Waals surface area contributed by atoms with Gasteiger partial charge in [0.2, 0.25) is 0 Å². The molecule has 0 bridgehead atoms. The van der Waals surface area contributed by atoms with Crippen molar-refractivity contribution < 1.29 is 0 Å². The minimum atomic E-state index is 0.297. The number of hydrogen-bond acceptors (Lipinski definition) is 2. The zero-order valence-electron chi connectivity index (χ0n) is 10.3. The van der Waals surface area contributed by atoms with Crippen LogP contribution in [0.1, 0.15) is 47.0 Å². The first-order valence-electron chi connectivity index (χ1n) is 5.82. The lowest BCUT2D eigenvalue weighted by Crippen LogP contribution is -2.50. The van der Waals surface area contributed by atoms with Gasteiger partial charge in [-0.05, 0) is 58.2 Å². The van der Waals surface area contributed by atoms with Gasteiger partial charge in [0.15, 0.2) is 0 Å². The molecule has 1 heterocycles. The molecule has 2 nitrogen and oxygen atoms in total. The summed E-state index contributed by atoms with van der Waals surface area (Å²) in [5, 5.41) is 0. The van der Waals surface area contributed by atoms with E-state index in [4.69, 9.17) is 5.73 Å². The maximum absolute atomic E-state index is 5.65. The predicted molar refractivity (Wildman–Crippen MR) is 62.3 cm³/mol. The van der Waals surface area contributed by atoms with Crippen LogP contribution in [-0.4, -0.2) is 30.1 Å². The van der Waals surface area contributed by atoms with Crippen molar-refractivity contribution in [2.45, 2.75) is 52.5 Å². The fourth-order valence-electron chi connectivity index (χ4n) is 2.23. The highest BCUT2D eigenvalue weighted by atomic mass is 15.2. The van der Waals surface area contributed by atoms with Gasteiger partial charge in [-0.25, -0.2) is 0 Å². The second-order valence-corrected chi connectivity index (χ2v) is 6.00. The van der Waals surface area contributed by atoms with E-state index in [-0.39, 0.29) is 0 Å². The molecule has 2 N–H and O–H groups in total. The van der Waals surface area contributed by atoms with Crippen LogP contribution in [0.15, 0.2) is 0 Å². The number of piperidine rings is 1. The van der Waals surface area contributed by atoms with Crippen LogP contribution in [0.2, 0.25) is 0 Å². The van der Waals surface area contributed by atoms with Crippen LogP contribution in [-0.2, 0) is 0 Å². The molecule has 1 aliphatic heterocycles. The largest absolute Gasteiger partial charge is 0.330 e. The average molecular weight is 198 g/mol. The minimum Gasteiger partial charge on any atom is -0.330 e. The average Bonchev–Trinajstić information content (AvgIpc) is 2.03. The highest BCUT2D eigenvalue weighted by molar-refractivity contribution is 4.88. The quantitative estimate of drug-likeness (QED) is 0.753. The minimum absolute atomic E-state index is 0.297. The number of rotatable bonds is 3. The second-order valence-electron chi connectivity index (χ2n) is 6.00.